The number of carbonyl (C=O) groups excluding carboxylic acids is 1. The Kier molecular flexibility index (Phi) is 11.3. The Morgan fingerprint density at radius 1 is 1.10 bits per heavy atom. The first-order valence-corrected chi connectivity index (χ1v) is 11.8. The zero-order valence-corrected chi connectivity index (χ0v) is 21.5. The second-order valence-electron chi connectivity index (χ2n) is 7.41. The number of benzene rings is 1. The summed E-state index contributed by atoms with van der Waals surface area (Å²) in [4.78, 5) is 20.8. The Morgan fingerprint density at radius 3 is 2.55 bits per heavy atom. The van der Waals surface area contributed by atoms with Gasteiger partial charge in [0.2, 0.25) is 0 Å². The van der Waals surface area contributed by atoms with E-state index in [2.05, 4.69) is 45.3 Å². The van der Waals surface area contributed by atoms with Crippen LogP contribution in [0.1, 0.15) is 53.5 Å². The molecule has 1 atom stereocenters. The van der Waals surface area contributed by atoms with Crippen LogP contribution in [0.15, 0.2) is 46.8 Å². The van der Waals surface area contributed by atoms with Gasteiger partial charge in [-0.2, -0.15) is 0 Å². The summed E-state index contributed by atoms with van der Waals surface area (Å²) >= 11 is 1.82. The molecule has 3 N–H and O–H groups in total. The summed E-state index contributed by atoms with van der Waals surface area (Å²) in [6, 6.07) is 12.4. The van der Waals surface area contributed by atoms with Crippen LogP contribution in [0.3, 0.4) is 0 Å². The number of thiophene rings is 1. The third-order valence-corrected chi connectivity index (χ3v) is 6.18. The molecule has 8 heteroatoms. The SMILES string of the molecule is CCNC(=O)c1cccc(CN=C(NCC)NCC(c2cccs2)N2CCCC2)c1.I. The highest BCUT2D eigenvalue weighted by molar-refractivity contribution is 14.0. The second-order valence-corrected chi connectivity index (χ2v) is 8.39. The van der Waals surface area contributed by atoms with E-state index in [1.807, 2.05) is 42.5 Å². The minimum Gasteiger partial charge on any atom is -0.357 e. The summed E-state index contributed by atoms with van der Waals surface area (Å²) in [5, 5.41) is 11.9. The maximum Gasteiger partial charge on any atom is 0.251 e. The van der Waals surface area contributed by atoms with E-state index in [1.54, 1.807) is 0 Å². The van der Waals surface area contributed by atoms with Crippen LogP contribution in [0.4, 0.5) is 0 Å². The Hall–Kier alpha value is -1.65. The molecule has 0 bridgehead atoms. The molecule has 2 aromatic rings. The van der Waals surface area contributed by atoms with Gasteiger partial charge in [0.15, 0.2) is 5.96 Å². The van der Waals surface area contributed by atoms with Crippen molar-refractivity contribution in [1.29, 1.82) is 0 Å². The van der Waals surface area contributed by atoms with Gasteiger partial charge >= 0.3 is 0 Å². The molecule has 3 rings (SSSR count). The van der Waals surface area contributed by atoms with Gasteiger partial charge in [-0.15, -0.1) is 35.3 Å². The zero-order chi connectivity index (χ0) is 21.2. The summed E-state index contributed by atoms with van der Waals surface area (Å²) in [6.45, 7) is 9.09. The Morgan fingerprint density at radius 2 is 1.87 bits per heavy atom. The minimum absolute atomic E-state index is 0. The Balaban J connectivity index is 0.00000341. The summed E-state index contributed by atoms with van der Waals surface area (Å²) in [7, 11) is 0. The lowest BCUT2D eigenvalue weighted by Gasteiger charge is -2.27. The molecule has 0 spiro atoms. The van der Waals surface area contributed by atoms with Crippen molar-refractivity contribution < 1.29 is 4.79 Å². The van der Waals surface area contributed by atoms with Gasteiger partial charge in [-0.25, -0.2) is 4.99 Å². The largest absolute Gasteiger partial charge is 0.357 e. The van der Waals surface area contributed by atoms with Gasteiger partial charge in [0.25, 0.3) is 5.91 Å². The van der Waals surface area contributed by atoms with E-state index in [9.17, 15) is 4.79 Å². The van der Waals surface area contributed by atoms with Gasteiger partial charge in [-0.05, 0) is 68.9 Å². The molecule has 31 heavy (non-hydrogen) atoms. The molecule has 1 aromatic heterocycles. The number of likely N-dealkylation sites (tertiary alicyclic amines) is 1. The lowest BCUT2D eigenvalue weighted by molar-refractivity contribution is 0.0955. The average Bonchev–Trinajstić information content (AvgIpc) is 3.47. The first-order chi connectivity index (χ1) is 14.7. The molecule has 1 aromatic carbocycles. The monoisotopic (exact) mass is 555 g/mol. The highest BCUT2D eigenvalue weighted by atomic mass is 127. The van der Waals surface area contributed by atoms with Crippen LogP contribution in [0, 0.1) is 0 Å². The number of carbonyl (C=O) groups is 1. The normalized spacial score (nSPS) is 15.2. The molecule has 1 aliphatic rings. The maximum atomic E-state index is 12.1. The van der Waals surface area contributed by atoms with E-state index < -0.39 is 0 Å². The number of nitrogens with zero attached hydrogens (tertiary/aromatic N) is 2. The molecule has 1 amide bonds. The molecule has 0 aliphatic carbocycles. The van der Waals surface area contributed by atoms with Crippen LogP contribution in [-0.2, 0) is 6.54 Å². The topological polar surface area (TPSA) is 68.8 Å². The first-order valence-electron chi connectivity index (χ1n) is 10.9. The molecule has 1 aliphatic heterocycles. The molecular weight excluding hydrogens is 521 g/mol. The number of halogens is 1. The van der Waals surface area contributed by atoms with Gasteiger partial charge in [0.1, 0.15) is 0 Å². The number of hydrogen-bond acceptors (Lipinski definition) is 4. The molecule has 6 nitrogen and oxygen atoms in total. The molecule has 170 valence electrons. The summed E-state index contributed by atoms with van der Waals surface area (Å²) < 4.78 is 0. The van der Waals surface area contributed by atoms with Gasteiger partial charge in [-0.3, -0.25) is 9.69 Å². The fraction of sp³-hybridized carbons (Fsp3) is 0.478. The van der Waals surface area contributed by atoms with Crippen molar-refractivity contribution in [3.63, 3.8) is 0 Å². The van der Waals surface area contributed by atoms with Gasteiger partial charge in [-0.1, -0.05) is 18.2 Å². The van der Waals surface area contributed by atoms with Gasteiger partial charge in [0, 0.05) is 30.1 Å². The molecule has 0 radical (unpaired) electrons. The third-order valence-electron chi connectivity index (χ3n) is 5.21. The van der Waals surface area contributed by atoms with Crippen molar-refractivity contribution in [2.75, 3.05) is 32.7 Å². The van der Waals surface area contributed by atoms with Crippen LogP contribution in [0.25, 0.3) is 0 Å². The van der Waals surface area contributed by atoms with E-state index in [4.69, 9.17) is 4.99 Å². The van der Waals surface area contributed by atoms with Crippen LogP contribution >= 0.6 is 35.3 Å². The van der Waals surface area contributed by atoms with Crippen LogP contribution < -0.4 is 16.0 Å². The third kappa shape index (κ3) is 7.76. The van der Waals surface area contributed by atoms with E-state index in [1.165, 1.54) is 17.7 Å². The quantitative estimate of drug-likeness (QED) is 0.249. The predicted octanol–water partition coefficient (Wildman–Crippen LogP) is 4.01. The number of rotatable bonds is 9. The van der Waals surface area contributed by atoms with E-state index >= 15 is 0 Å². The van der Waals surface area contributed by atoms with Crippen LogP contribution in [0.5, 0.6) is 0 Å². The van der Waals surface area contributed by atoms with E-state index in [0.717, 1.165) is 37.7 Å². The smallest absolute Gasteiger partial charge is 0.251 e. The van der Waals surface area contributed by atoms with Crippen molar-refractivity contribution in [3.8, 4) is 0 Å². The Bertz CT molecular complexity index is 821. The number of guanidine groups is 1. The summed E-state index contributed by atoms with van der Waals surface area (Å²) in [6.07, 6.45) is 2.55. The number of amides is 1. The molecule has 0 saturated carbocycles. The summed E-state index contributed by atoms with van der Waals surface area (Å²) in [5.74, 6) is 0.763. The Labute approximate surface area is 206 Å². The van der Waals surface area contributed by atoms with Crippen molar-refractivity contribution in [2.24, 2.45) is 4.99 Å². The standard InChI is InChI=1S/C23H33N5OS.HI/c1-3-24-22(29)19-10-7-9-18(15-19)16-26-23(25-4-2)27-17-20(21-11-8-14-30-21)28-12-5-6-13-28;/h7-11,14-15,20H,3-6,12-13,16-17H2,1-2H3,(H,24,29)(H2,25,26,27);1H. The van der Waals surface area contributed by atoms with Crippen LogP contribution in [0.2, 0.25) is 0 Å². The van der Waals surface area contributed by atoms with Crippen molar-refractivity contribution in [1.82, 2.24) is 20.9 Å². The van der Waals surface area contributed by atoms with Gasteiger partial charge < -0.3 is 16.0 Å². The lowest BCUT2D eigenvalue weighted by Crippen LogP contribution is -2.42. The predicted molar refractivity (Wildman–Crippen MR) is 141 cm³/mol. The molecule has 2 heterocycles. The second kappa shape index (κ2) is 13.7. The average molecular weight is 556 g/mol. The number of nitrogens with one attached hydrogen (secondary N) is 3. The highest BCUT2D eigenvalue weighted by Gasteiger charge is 2.24. The first kappa shape index (κ1) is 25.6. The van der Waals surface area contributed by atoms with Crippen LogP contribution in [-0.4, -0.2) is 49.5 Å². The highest BCUT2D eigenvalue weighted by Crippen LogP contribution is 2.27. The molecule has 1 fully saturated rings. The number of aliphatic imine (C=N–C) groups is 1. The summed E-state index contributed by atoms with van der Waals surface area (Å²) in [5.41, 5.74) is 1.69. The molecule has 1 unspecified atom stereocenters. The number of hydrogen-bond donors (Lipinski definition) is 3. The van der Waals surface area contributed by atoms with Gasteiger partial charge in [0.05, 0.1) is 12.6 Å². The fourth-order valence-electron chi connectivity index (χ4n) is 3.72. The van der Waals surface area contributed by atoms with Crippen molar-refractivity contribution in [2.45, 2.75) is 39.3 Å². The lowest BCUT2D eigenvalue weighted by atomic mass is 10.1. The zero-order valence-electron chi connectivity index (χ0n) is 18.4. The van der Waals surface area contributed by atoms with E-state index in [-0.39, 0.29) is 29.9 Å². The molecule has 1 saturated heterocycles. The molecular formula is C23H34IN5OS. The fourth-order valence-corrected chi connectivity index (χ4v) is 4.58. The van der Waals surface area contributed by atoms with Crippen molar-refractivity contribution in [3.05, 3.63) is 57.8 Å². The maximum absolute atomic E-state index is 12.1. The van der Waals surface area contributed by atoms with Crippen molar-refractivity contribution >= 4 is 47.2 Å². The minimum atomic E-state index is -0.0437. The van der Waals surface area contributed by atoms with E-state index in [0.29, 0.717) is 24.7 Å².